The topological polar surface area (TPSA) is 30.0 Å². The second kappa shape index (κ2) is 3.09. The summed E-state index contributed by atoms with van der Waals surface area (Å²) in [6, 6.07) is 0. The third-order valence-electron chi connectivity index (χ3n) is 1.29. The Labute approximate surface area is 71.6 Å². The first-order valence-electron chi connectivity index (χ1n) is 2.92. The predicted octanol–water partition coefficient (Wildman–Crippen LogP) is 2.10. The minimum absolute atomic E-state index is 0.0231. The first kappa shape index (κ1) is 8.33. The van der Waals surface area contributed by atoms with Crippen LogP contribution < -0.4 is 0 Å². The molecule has 4 heteroatoms. The number of aldehydes is 1. The van der Waals surface area contributed by atoms with Gasteiger partial charge < -0.3 is 0 Å². The largest absolute Gasteiger partial charge is 0.298 e. The molecule has 11 heavy (non-hydrogen) atoms. The van der Waals surface area contributed by atoms with Crippen LogP contribution in [0.4, 0.5) is 4.39 Å². The van der Waals surface area contributed by atoms with Gasteiger partial charge in [0.05, 0.1) is 5.56 Å². The van der Waals surface area contributed by atoms with Gasteiger partial charge in [-0.25, -0.2) is 4.98 Å². The standard InChI is InChI=1S/C7H5BrFNO/c1-4-2-10-7(9)5(3-11)6(4)8/h2-3H,1H3. The van der Waals surface area contributed by atoms with E-state index in [2.05, 4.69) is 20.9 Å². The van der Waals surface area contributed by atoms with Gasteiger partial charge >= 0.3 is 0 Å². The molecule has 0 aromatic carbocycles. The Bertz CT molecular complexity index is 301. The van der Waals surface area contributed by atoms with Crippen molar-refractivity contribution in [2.45, 2.75) is 6.92 Å². The first-order chi connectivity index (χ1) is 5.16. The molecule has 1 aromatic heterocycles. The van der Waals surface area contributed by atoms with Crippen molar-refractivity contribution < 1.29 is 9.18 Å². The zero-order valence-electron chi connectivity index (χ0n) is 5.77. The molecule has 0 N–H and O–H groups in total. The fourth-order valence-corrected chi connectivity index (χ4v) is 1.04. The molecule has 0 unspecified atom stereocenters. The normalized spacial score (nSPS) is 9.73. The molecule has 0 bridgehead atoms. The van der Waals surface area contributed by atoms with Crippen LogP contribution in [0, 0.1) is 12.9 Å². The molecule has 0 aliphatic rings. The fraction of sp³-hybridized carbons (Fsp3) is 0.143. The second-order valence-electron chi connectivity index (χ2n) is 2.08. The van der Waals surface area contributed by atoms with Gasteiger partial charge in [-0.2, -0.15) is 4.39 Å². The van der Waals surface area contributed by atoms with Crippen molar-refractivity contribution in [1.82, 2.24) is 4.98 Å². The van der Waals surface area contributed by atoms with E-state index in [9.17, 15) is 9.18 Å². The van der Waals surface area contributed by atoms with E-state index in [0.717, 1.165) is 5.56 Å². The highest BCUT2D eigenvalue weighted by Crippen LogP contribution is 2.20. The van der Waals surface area contributed by atoms with Crippen LogP contribution in [0.2, 0.25) is 0 Å². The van der Waals surface area contributed by atoms with Crippen LogP contribution in [-0.4, -0.2) is 11.3 Å². The molecule has 2 nitrogen and oxygen atoms in total. The highest BCUT2D eigenvalue weighted by atomic mass is 79.9. The molecule has 58 valence electrons. The van der Waals surface area contributed by atoms with Gasteiger partial charge in [-0.05, 0) is 28.4 Å². The SMILES string of the molecule is Cc1cnc(F)c(C=O)c1Br. The Morgan fingerprint density at radius 1 is 1.73 bits per heavy atom. The maximum absolute atomic E-state index is 12.7. The summed E-state index contributed by atoms with van der Waals surface area (Å²) in [6.45, 7) is 1.74. The molecule has 1 rings (SSSR count). The monoisotopic (exact) mass is 217 g/mol. The highest BCUT2D eigenvalue weighted by Gasteiger charge is 2.08. The third kappa shape index (κ3) is 1.45. The summed E-state index contributed by atoms with van der Waals surface area (Å²) < 4.78 is 13.1. The van der Waals surface area contributed by atoms with E-state index in [4.69, 9.17) is 0 Å². The number of aromatic nitrogens is 1. The number of hydrogen-bond donors (Lipinski definition) is 0. The number of aryl methyl sites for hydroxylation is 1. The fourth-order valence-electron chi connectivity index (χ4n) is 0.683. The number of carbonyl (C=O) groups excluding carboxylic acids is 1. The average Bonchev–Trinajstić information content (AvgIpc) is 1.99. The van der Waals surface area contributed by atoms with Crippen LogP contribution in [-0.2, 0) is 0 Å². The molecular weight excluding hydrogens is 213 g/mol. The number of pyridine rings is 1. The van der Waals surface area contributed by atoms with Crippen LogP contribution in [0.5, 0.6) is 0 Å². The molecule has 0 aliphatic carbocycles. The molecule has 0 spiro atoms. The molecule has 0 amide bonds. The summed E-state index contributed by atoms with van der Waals surface area (Å²) in [5.41, 5.74) is 0.721. The van der Waals surface area contributed by atoms with E-state index in [-0.39, 0.29) is 5.56 Å². The molecule has 0 radical (unpaired) electrons. The van der Waals surface area contributed by atoms with Crippen LogP contribution in [0.3, 0.4) is 0 Å². The summed E-state index contributed by atoms with van der Waals surface area (Å²) in [5, 5.41) is 0. The lowest BCUT2D eigenvalue weighted by Crippen LogP contribution is -1.95. The van der Waals surface area contributed by atoms with Crippen LogP contribution >= 0.6 is 15.9 Å². The molecule has 0 saturated carbocycles. The van der Waals surface area contributed by atoms with Gasteiger partial charge in [0, 0.05) is 10.7 Å². The van der Waals surface area contributed by atoms with Gasteiger partial charge in [-0.3, -0.25) is 4.79 Å². The summed E-state index contributed by atoms with van der Waals surface area (Å²) in [7, 11) is 0. The van der Waals surface area contributed by atoms with Crippen molar-refractivity contribution in [3.63, 3.8) is 0 Å². The van der Waals surface area contributed by atoms with Crippen molar-refractivity contribution >= 4 is 22.2 Å². The minimum Gasteiger partial charge on any atom is -0.298 e. The summed E-state index contributed by atoms with van der Waals surface area (Å²) >= 11 is 3.08. The van der Waals surface area contributed by atoms with E-state index < -0.39 is 5.95 Å². The number of hydrogen-bond acceptors (Lipinski definition) is 2. The van der Waals surface area contributed by atoms with E-state index >= 15 is 0 Å². The molecule has 0 saturated heterocycles. The lowest BCUT2D eigenvalue weighted by atomic mass is 10.2. The number of nitrogens with zero attached hydrogens (tertiary/aromatic N) is 1. The summed E-state index contributed by atoms with van der Waals surface area (Å²) in [4.78, 5) is 13.7. The van der Waals surface area contributed by atoms with Crippen molar-refractivity contribution in [1.29, 1.82) is 0 Å². The predicted molar refractivity (Wildman–Crippen MR) is 42.0 cm³/mol. The lowest BCUT2D eigenvalue weighted by Gasteiger charge is -1.99. The van der Waals surface area contributed by atoms with Gasteiger partial charge in [0.25, 0.3) is 0 Å². The maximum Gasteiger partial charge on any atom is 0.224 e. The molecule has 1 heterocycles. The summed E-state index contributed by atoms with van der Waals surface area (Å²) in [6.07, 6.45) is 1.81. The molecule has 0 fully saturated rings. The van der Waals surface area contributed by atoms with Crippen LogP contribution in [0.15, 0.2) is 10.7 Å². The quantitative estimate of drug-likeness (QED) is 0.533. The summed E-state index contributed by atoms with van der Waals surface area (Å²) in [5.74, 6) is -0.738. The Hall–Kier alpha value is -0.770. The van der Waals surface area contributed by atoms with Crippen molar-refractivity contribution in [2.75, 3.05) is 0 Å². The Morgan fingerprint density at radius 3 is 2.82 bits per heavy atom. The van der Waals surface area contributed by atoms with Crippen LogP contribution in [0.25, 0.3) is 0 Å². The van der Waals surface area contributed by atoms with Crippen molar-refractivity contribution in [2.24, 2.45) is 0 Å². The lowest BCUT2D eigenvalue weighted by molar-refractivity contribution is 0.111. The maximum atomic E-state index is 12.7. The number of carbonyl (C=O) groups is 1. The van der Waals surface area contributed by atoms with Gasteiger partial charge in [0.1, 0.15) is 0 Å². The average molecular weight is 218 g/mol. The molecular formula is C7H5BrFNO. The highest BCUT2D eigenvalue weighted by molar-refractivity contribution is 9.10. The van der Waals surface area contributed by atoms with Crippen molar-refractivity contribution in [3.05, 3.63) is 27.7 Å². The van der Waals surface area contributed by atoms with Gasteiger partial charge in [-0.15, -0.1) is 0 Å². The van der Waals surface area contributed by atoms with Crippen molar-refractivity contribution in [3.8, 4) is 0 Å². The third-order valence-corrected chi connectivity index (χ3v) is 2.35. The van der Waals surface area contributed by atoms with Gasteiger partial charge in [-0.1, -0.05) is 0 Å². The molecule has 0 aliphatic heterocycles. The zero-order chi connectivity index (χ0) is 8.43. The Kier molecular flexibility index (Phi) is 2.34. The number of rotatable bonds is 1. The van der Waals surface area contributed by atoms with Gasteiger partial charge in [0.15, 0.2) is 6.29 Å². The minimum atomic E-state index is -0.738. The van der Waals surface area contributed by atoms with Gasteiger partial charge in [0.2, 0.25) is 5.95 Å². The van der Waals surface area contributed by atoms with E-state index in [1.807, 2.05) is 0 Å². The first-order valence-corrected chi connectivity index (χ1v) is 3.72. The molecule has 0 atom stereocenters. The Balaban J connectivity index is 3.40. The van der Waals surface area contributed by atoms with E-state index in [0.29, 0.717) is 10.8 Å². The van der Waals surface area contributed by atoms with E-state index in [1.165, 1.54) is 6.20 Å². The van der Waals surface area contributed by atoms with Crippen LogP contribution in [0.1, 0.15) is 15.9 Å². The number of halogens is 2. The molecule has 1 aromatic rings. The van der Waals surface area contributed by atoms with E-state index in [1.54, 1.807) is 6.92 Å². The second-order valence-corrected chi connectivity index (χ2v) is 2.87. The smallest absolute Gasteiger partial charge is 0.224 e. The zero-order valence-corrected chi connectivity index (χ0v) is 7.35. The Morgan fingerprint density at radius 2 is 2.36 bits per heavy atom.